The van der Waals surface area contributed by atoms with Gasteiger partial charge in [-0.1, -0.05) is 12.1 Å². The summed E-state index contributed by atoms with van der Waals surface area (Å²) in [7, 11) is 3.91. The van der Waals surface area contributed by atoms with Crippen molar-refractivity contribution in [3.63, 3.8) is 0 Å². The van der Waals surface area contributed by atoms with E-state index in [9.17, 15) is 0 Å². The van der Waals surface area contributed by atoms with Crippen LogP contribution in [0.5, 0.6) is 11.5 Å². The van der Waals surface area contributed by atoms with Crippen molar-refractivity contribution in [3.8, 4) is 11.5 Å². The molecule has 2 atom stereocenters. The van der Waals surface area contributed by atoms with Gasteiger partial charge in [-0.15, -0.1) is 0 Å². The van der Waals surface area contributed by atoms with Crippen LogP contribution in [-0.4, -0.2) is 51.3 Å². The highest BCUT2D eigenvalue weighted by atomic mass is 16.5. The highest BCUT2D eigenvalue weighted by Gasteiger charge is 2.24. The Bertz CT molecular complexity index is 472. The topological polar surface area (TPSA) is 33.7 Å². The molecule has 1 N–H and O–H groups in total. The van der Waals surface area contributed by atoms with Crippen molar-refractivity contribution in [1.29, 1.82) is 0 Å². The first-order chi connectivity index (χ1) is 10.3. The first kappa shape index (κ1) is 14.7. The summed E-state index contributed by atoms with van der Waals surface area (Å²) in [5.41, 5.74) is 1.28. The van der Waals surface area contributed by atoms with Crippen molar-refractivity contribution >= 4 is 0 Å². The highest BCUT2D eigenvalue weighted by Crippen LogP contribution is 2.38. The third-order valence-electron chi connectivity index (χ3n) is 4.59. The van der Waals surface area contributed by atoms with E-state index in [-0.39, 0.29) is 6.10 Å². The monoisotopic (exact) mass is 290 g/mol. The van der Waals surface area contributed by atoms with Gasteiger partial charge in [0.25, 0.3) is 0 Å². The fourth-order valence-electron chi connectivity index (χ4n) is 3.48. The van der Waals surface area contributed by atoms with Gasteiger partial charge < -0.3 is 19.7 Å². The van der Waals surface area contributed by atoms with Gasteiger partial charge in [0.1, 0.15) is 6.10 Å². The summed E-state index contributed by atoms with van der Waals surface area (Å²) in [6, 6.07) is 6.31. The lowest BCUT2D eigenvalue weighted by atomic mass is 9.97. The molecule has 2 unspecified atom stereocenters. The van der Waals surface area contributed by atoms with E-state index in [0.717, 1.165) is 37.6 Å². The smallest absolute Gasteiger partial charge is 0.164 e. The maximum Gasteiger partial charge on any atom is 0.164 e. The second-order valence-corrected chi connectivity index (χ2v) is 6.21. The number of methoxy groups -OCH3 is 1. The molecule has 21 heavy (non-hydrogen) atoms. The summed E-state index contributed by atoms with van der Waals surface area (Å²) in [5.74, 6) is 2.37. The Morgan fingerprint density at radius 3 is 2.90 bits per heavy atom. The van der Waals surface area contributed by atoms with E-state index in [1.165, 1.54) is 24.9 Å². The molecule has 1 aromatic rings. The lowest BCUT2D eigenvalue weighted by Crippen LogP contribution is -2.38. The summed E-state index contributed by atoms with van der Waals surface area (Å²) < 4.78 is 12.0. The Balaban J connectivity index is 1.79. The zero-order chi connectivity index (χ0) is 14.7. The zero-order valence-electron chi connectivity index (χ0n) is 13.1. The number of piperidine rings is 1. The summed E-state index contributed by atoms with van der Waals surface area (Å²) in [4.78, 5) is 2.34. The van der Waals surface area contributed by atoms with Gasteiger partial charge in [0, 0.05) is 24.6 Å². The van der Waals surface area contributed by atoms with Gasteiger partial charge in [-0.2, -0.15) is 0 Å². The Morgan fingerprint density at radius 1 is 1.29 bits per heavy atom. The van der Waals surface area contributed by atoms with Crippen molar-refractivity contribution < 1.29 is 9.47 Å². The summed E-state index contributed by atoms with van der Waals surface area (Å²) in [5, 5.41) is 3.43. The van der Waals surface area contributed by atoms with Gasteiger partial charge in [-0.3, -0.25) is 0 Å². The SMILES string of the molecule is COc1c(OC2CCCN(C)C2)cccc1C1CCNC1. The van der Waals surface area contributed by atoms with Crippen molar-refractivity contribution in [1.82, 2.24) is 10.2 Å². The quantitative estimate of drug-likeness (QED) is 0.922. The van der Waals surface area contributed by atoms with Crippen LogP contribution < -0.4 is 14.8 Å². The van der Waals surface area contributed by atoms with Crippen LogP contribution in [0.15, 0.2) is 18.2 Å². The first-order valence-corrected chi connectivity index (χ1v) is 8.00. The normalized spacial score (nSPS) is 26.8. The molecule has 0 aromatic heterocycles. The van der Waals surface area contributed by atoms with E-state index < -0.39 is 0 Å². The predicted octanol–water partition coefficient (Wildman–Crippen LogP) is 2.25. The van der Waals surface area contributed by atoms with Gasteiger partial charge >= 0.3 is 0 Å². The average Bonchev–Trinajstić information content (AvgIpc) is 3.01. The summed E-state index contributed by atoms with van der Waals surface area (Å²) in [6.45, 7) is 4.29. The third-order valence-corrected chi connectivity index (χ3v) is 4.59. The number of nitrogens with zero attached hydrogens (tertiary/aromatic N) is 1. The molecule has 0 radical (unpaired) electrons. The Kier molecular flexibility index (Phi) is 4.66. The van der Waals surface area contributed by atoms with E-state index in [1.54, 1.807) is 7.11 Å². The molecule has 4 heteroatoms. The van der Waals surface area contributed by atoms with E-state index in [2.05, 4.69) is 29.4 Å². The largest absolute Gasteiger partial charge is 0.493 e. The fraction of sp³-hybridized carbons (Fsp3) is 0.647. The molecule has 0 amide bonds. The lowest BCUT2D eigenvalue weighted by molar-refractivity contribution is 0.101. The molecule has 0 spiro atoms. The second-order valence-electron chi connectivity index (χ2n) is 6.21. The average molecular weight is 290 g/mol. The second kappa shape index (κ2) is 6.67. The number of likely N-dealkylation sites (tertiary alicyclic amines) is 1. The number of ether oxygens (including phenoxy) is 2. The molecular weight excluding hydrogens is 264 g/mol. The molecule has 0 aliphatic carbocycles. The van der Waals surface area contributed by atoms with E-state index >= 15 is 0 Å². The molecule has 2 aliphatic rings. The molecule has 0 saturated carbocycles. The number of nitrogens with one attached hydrogen (secondary N) is 1. The molecule has 1 aromatic carbocycles. The maximum absolute atomic E-state index is 6.26. The van der Waals surface area contributed by atoms with E-state index in [4.69, 9.17) is 9.47 Å². The van der Waals surface area contributed by atoms with Gasteiger partial charge in [-0.05, 0) is 45.5 Å². The minimum Gasteiger partial charge on any atom is -0.493 e. The molecular formula is C17H26N2O2. The molecule has 2 fully saturated rings. The summed E-state index contributed by atoms with van der Waals surface area (Å²) in [6.07, 6.45) is 3.78. The summed E-state index contributed by atoms with van der Waals surface area (Å²) >= 11 is 0. The van der Waals surface area contributed by atoms with Crippen molar-refractivity contribution in [2.75, 3.05) is 40.3 Å². The van der Waals surface area contributed by atoms with Crippen molar-refractivity contribution in [3.05, 3.63) is 23.8 Å². The van der Waals surface area contributed by atoms with Crippen LogP contribution in [0, 0.1) is 0 Å². The number of hydrogen-bond donors (Lipinski definition) is 1. The molecule has 4 nitrogen and oxygen atoms in total. The van der Waals surface area contributed by atoms with E-state index in [1.807, 2.05) is 6.07 Å². The van der Waals surface area contributed by atoms with Gasteiger partial charge in [0.15, 0.2) is 11.5 Å². The maximum atomic E-state index is 6.26. The lowest BCUT2D eigenvalue weighted by Gasteiger charge is -2.30. The highest BCUT2D eigenvalue weighted by molar-refractivity contribution is 5.48. The minimum atomic E-state index is 0.273. The molecule has 2 aliphatic heterocycles. The Labute approximate surface area is 127 Å². The zero-order valence-corrected chi connectivity index (χ0v) is 13.1. The number of hydrogen-bond acceptors (Lipinski definition) is 4. The van der Waals surface area contributed by atoms with Crippen LogP contribution in [0.25, 0.3) is 0 Å². The third kappa shape index (κ3) is 3.33. The molecule has 116 valence electrons. The number of likely N-dealkylation sites (N-methyl/N-ethyl adjacent to an activating group) is 1. The van der Waals surface area contributed by atoms with Crippen LogP contribution >= 0.6 is 0 Å². The molecule has 2 heterocycles. The van der Waals surface area contributed by atoms with Crippen LogP contribution in [0.2, 0.25) is 0 Å². The van der Waals surface area contributed by atoms with Gasteiger partial charge in [0.05, 0.1) is 7.11 Å². The van der Waals surface area contributed by atoms with Crippen LogP contribution in [0.4, 0.5) is 0 Å². The number of benzene rings is 1. The van der Waals surface area contributed by atoms with Crippen LogP contribution in [0.3, 0.4) is 0 Å². The van der Waals surface area contributed by atoms with Crippen molar-refractivity contribution in [2.24, 2.45) is 0 Å². The Hall–Kier alpha value is -1.26. The van der Waals surface area contributed by atoms with Crippen LogP contribution in [0.1, 0.15) is 30.7 Å². The van der Waals surface area contributed by atoms with E-state index in [0.29, 0.717) is 5.92 Å². The predicted molar refractivity (Wildman–Crippen MR) is 84.4 cm³/mol. The number of para-hydroxylation sites is 1. The number of rotatable bonds is 4. The fourth-order valence-corrected chi connectivity index (χ4v) is 3.48. The van der Waals surface area contributed by atoms with Crippen LogP contribution in [-0.2, 0) is 0 Å². The van der Waals surface area contributed by atoms with Gasteiger partial charge in [0.2, 0.25) is 0 Å². The standard InChI is InChI=1S/C17H26N2O2/c1-19-10-4-5-14(12-19)21-16-7-3-6-15(17(16)20-2)13-8-9-18-11-13/h3,6-7,13-14,18H,4-5,8-12H2,1-2H3. The van der Waals surface area contributed by atoms with Gasteiger partial charge in [-0.25, -0.2) is 0 Å². The first-order valence-electron chi connectivity index (χ1n) is 8.00. The molecule has 3 rings (SSSR count). The van der Waals surface area contributed by atoms with Crippen molar-refractivity contribution in [2.45, 2.75) is 31.3 Å². The molecule has 2 saturated heterocycles. The molecule has 0 bridgehead atoms. The minimum absolute atomic E-state index is 0.273. The Morgan fingerprint density at radius 2 is 2.19 bits per heavy atom.